The second-order valence-electron chi connectivity index (χ2n) is 16.9. The Balaban J connectivity index is 1.44. The van der Waals surface area contributed by atoms with Crippen LogP contribution < -0.4 is 21.3 Å². The number of ether oxygens (including phenoxy) is 1. The molecule has 14 nitrogen and oxygen atoms in total. The first-order valence-electron chi connectivity index (χ1n) is 19.3. The van der Waals surface area contributed by atoms with Crippen LogP contribution >= 0.6 is 0 Å². The van der Waals surface area contributed by atoms with Gasteiger partial charge < -0.3 is 35.8 Å². The van der Waals surface area contributed by atoms with E-state index in [2.05, 4.69) is 21.3 Å². The van der Waals surface area contributed by atoms with Crippen molar-refractivity contribution >= 4 is 41.4 Å². The first kappa shape index (κ1) is 42.3. The number of hydrogen-bond acceptors (Lipinski definition) is 8. The highest BCUT2D eigenvalue weighted by atomic mass is 16.6. The minimum atomic E-state index is -1.20. The average Bonchev–Trinajstić information content (AvgIpc) is 3.43. The van der Waals surface area contributed by atoms with Crippen LogP contribution in [-0.4, -0.2) is 103 Å². The van der Waals surface area contributed by atoms with E-state index < -0.39 is 71.6 Å². The summed E-state index contributed by atoms with van der Waals surface area (Å²) in [7, 11) is 3.13. The Labute approximate surface area is 319 Å². The number of benzene rings is 1. The van der Waals surface area contributed by atoms with Crippen molar-refractivity contribution in [3.63, 3.8) is 0 Å². The van der Waals surface area contributed by atoms with Gasteiger partial charge in [-0.3, -0.25) is 28.8 Å². The number of hydrogen-bond donors (Lipinski definition) is 4. The third-order valence-corrected chi connectivity index (χ3v) is 11.2. The van der Waals surface area contributed by atoms with Gasteiger partial charge in [0, 0.05) is 20.6 Å². The number of carbonyl (C=O) groups is 7. The van der Waals surface area contributed by atoms with Crippen LogP contribution in [0.4, 0.5) is 4.79 Å². The molecule has 1 aliphatic heterocycles. The molecule has 54 heavy (non-hydrogen) atoms. The lowest BCUT2D eigenvalue weighted by atomic mass is 9.85. The monoisotopic (exact) mass is 752 g/mol. The maximum Gasteiger partial charge on any atom is 0.408 e. The minimum Gasteiger partial charge on any atom is -0.446 e. The molecule has 1 unspecified atom stereocenters. The molecule has 1 heterocycles. The molecule has 6 amide bonds. The highest BCUT2D eigenvalue weighted by Gasteiger charge is 2.70. The molecule has 298 valence electrons. The third-order valence-electron chi connectivity index (χ3n) is 11.2. The standard InChI is InChI=1S/C40H60N6O8/c1-9-10-21-27(32(48)35(50)41-22-28(47)43-30(36(51)45(7)8)24-17-13-11-14-18-24)42-34(49)31-29-26(40(29,5)6)23-46(31)37(52)33(39(2,3)4)44-38(53)54-25-19-15-12-16-20-25/h11,13-14,17-18,25-27,29-31,33H,9-10,12,15-16,19-23H2,1-8H3,(H,41,50)(H,42,49)(H,43,47)(H,44,53)/t26-,27?,29-,30+,31+,33-/m1/s1. The van der Waals surface area contributed by atoms with E-state index in [-0.39, 0.29) is 35.7 Å². The van der Waals surface area contributed by atoms with Gasteiger partial charge in [0.2, 0.25) is 29.4 Å². The number of carbonyl (C=O) groups excluding carboxylic acids is 7. The molecule has 0 spiro atoms. The summed E-state index contributed by atoms with van der Waals surface area (Å²) < 4.78 is 5.68. The molecule has 0 bridgehead atoms. The van der Waals surface area contributed by atoms with Crippen molar-refractivity contribution in [1.29, 1.82) is 0 Å². The number of nitrogens with one attached hydrogen (secondary N) is 4. The van der Waals surface area contributed by atoms with Crippen LogP contribution in [0.1, 0.15) is 105 Å². The van der Waals surface area contributed by atoms with Crippen molar-refractivity contribution in [1.82, 2.24) is 31.1 Å². The fourth-order valence-corrected chi connectivity index (χ4v) is 7.86. The Morgan fingerprint density at radius 3 is 2.19 bits per heavy atom. The highest BCUT2D eigenvalue weighted by molar-refractivity contribution is 6.38. The lowest BCUT2D eigenvalue weighted by Gasteiger charge is -2.38. The lowest BCUT2D eigenvalue weighted by molar-refractivity contribution is -0.145. The van der Waals surface area contributed by atoms with E-state index in [1.807, 2.05) is 41.5 Å². The Kier molecular flexibility index (Phi) is 13.9. The number of fused-ring (bicyclic) bond motifs is 1. The topological polar surface area (TPSA) is 183 Å². The summed E-state index contributed by atoms with van der Waals surface area (Å²) in [6, 6.07) is 4.56. The molecule has 2 aliphatic carbocycles. The Hall–Kier alpha value is -4.49. The van der Waals surface area contributed by atoms with Crippen LogP contribution in [0, 0.1) is 22.7 Å². The normalized spacial score (nSPS) is 22.1. The number of ketones is 1. The predicted molar refractivity (Wildman–Crippen MR) is 201 cm³/mol. The summed E-state index contributed by atoms with van der Waals surface area (Å²) in [4.78, 5) is 96.8. The number of piperidine rings is 1. The Morgan fingerprint density at radius 1 is 0.944 bits per heavy atom. The van der Waals surface area contributed by atoms with E-state index in [9.17, 15) is 33.6 Å². The van der Waals surface area contributed by atoms with Crippen LogP contribution in [0.5, 0.6) is 0 Å². The number of Topliss-reactive ketones (excluding diaryl/α,β-unsaturated/α-hetero) is 1. The van der Waals surface area contributed by atoms with E-state index in [1.54, 1.807) is 44.4 Å². The number of nitrogens with zero attached hydrogens (tertiary/aromatic N) is 2. The second-order valence-corrected chi connectivity index (χ2v) is 16.9. The maximum absolute atomic E-state index is 14.3. The van der Waals surface area contributed by atoms with Gasteiger partial charge in [0.05, 0.1) is 12.6 Å². The lowest BCUT2D eigenvalue weighted by Crippen LogP contribution is -2.60. The first-order chi connectivity index (χ1) is 25.4. The summed E-state index contributed by atoms with van der Waals surface area (Å²) in [5.74, 6) is -4.13. The Bertz CT molecular complexity index is 1550. The number of likely N-dealkylation sites (tertiary alicyclic amines) is 1. The van der Waals surface area contributed by atoms with Crippen LogP contribution in [0.3, 0.4) is 0 Å². The number of rotatable bonds is 15. The summed E-state index contributed by atoms with van der Waals surface area (Å²) in [5, 5.41) is 10.6. The molecule has 0 aromatic heterocycles. The smallest absolute Gasteiger partial charge is 0.408 e. The summed E-state index contributed by atoms with van der Waals surface area (Å²) in [6.07, 6.45) is 5.16. The molecule has 1 aromatic carbocycles. The van der Waals surface area contributed by atoms with Crippen LogP contribution in [-0.2, 0) is 33.5 Å². The van der Waals surface area contributed by atoms with E-state index >= 15 is 0 Å². The zero-order chi connectivity index (χ0) is 40.0. The highest BCUT2D eigenvalue weighted by Crippen LogP contribution is 2.65. The van der Waals surface area contributed by atoms with Crippen molar-refractivity contribution in [2.75, 3.05) is 27.2 Å². The van der Waals surface area contributed by atoms with Crippen LogP contribution in [0.15, 0.2) is 30.3 Å². The molecular weight excluding hydrogens is 692 g/mol. The summed E-state index contributed by atoms with van der Waals surface area (Å²) in [6.45, 7) is 11.3. The molecule has 2 saturated carbocycles. The van der Waals surface area contributed by atoms with Gasteiger partial charge in [-0.05, 0) is 60.3 Å². The van der Waals surface area contributed by atoms with Gasteiger partial charge in [0.1, 0.15) is 24.2 Å². The van der Waals surface area contributed by atoms with Gasteiger partial charge in [-0.2, -0.15) is 0 Å². The second kappa shape index (κ2) is 17.8. The van der Waals surface area contributed by atoms with E-state index in [1.165, 1.54) is 9.80 Å². The molecule has 4 rings (SSSR count). The van der Waals surface area contributed by atoms with Gasteiger partial charge in [-0.15, -0.1) is 0 Å². The summed E-state index contributed by atoms with van der Waals surface area (Å²) >= 11 is 0. The number of likely N-dealkylation sites (N-methyl/N-ethyl adjacent to an activating group) is 1. The first-order valence-corrected chi connectivity index (χ1v) is 19.3. The third kappa shape index (κ3) is 10.2. The fraction of sp³-hybridized carbons (Fsp3) is 0.675. The largest absolute Gasteiger partial charge is 0.446 e. The predicted octanol–water partition coefficient (Wildman–Crippen LogP) is 3.25. The van der Waals surface area contributed by atoms with E-state index in [0.29, 0.717) is 24.9 Å². The molecular formula is C40H60N6O8. The molecule has 0 radical (unpaired) electrons. The quantitative estimate of drug-likeness (QED) is 0.197. The molecule has 14 heteroatoms. The van der Waals surface area contributed by atoms with Crippen molar-refractivity contribution < 1.29 is 38.3 Å². The zero-order valence-corrected chi connectivity index (χ0v) is 33.2. The van der Waals surface area contributed by atoms with Gasteiger partial charge in [0.15, 0.2) is 0 Å². The van der Waals surface area contributed by atoms with Crippen molar-refractivity contribution in [3.05, 3.63) is 35.9 Å². The van der Waals surface area contributed by atoms with Gasteiger partial charge in [-0.25, -0.2) is 4.79 Å². The number of amides is 6. The van der Waals surface area contributed by atoms with Gasteiger partial charge in [-0.1, -0.05) is 91.1 Å². The molecule has 3 aliphatic rings. The summed E-state index contributed by atoms with van der Waals surface area (Å²) in [5.41, 5.74) is -0.391. The SMILES string of the molecule is CCCCC(NC(=O)[C@@H]1[C@H]2[C@@H](CN1C(=O)[C@@H](NC(=O)OC1CCCCC1)C(C)(C)C)C2(C)C)C(=O)C(=O)NCC(=O)N[C@H](C(=O)N(C)C)c1ccccc1. The number of alkyl carbamates (subject to hydrolysis) is 1. The number of unbranched alkanes of at least 4 members (excludes halogenated alkanes) is 1. The van der Waals surface area contributed by atoms with Crippen molar-refractivity contribution in [2.45, 2.75) is 123 Å². The Morgan fingerprint density at radius 2 is 1.59 bits per heavy atom. The van der Waals surface area contributed by atoms with Gasteiger partial charge in [0.25, 0.3) is 5.91 Å². The maximum atomic E-state index is 14.3. The zero-order valence-electron chi connectivity index (χ0n) is 33.2. The van der Waals surface area contributed by atoms with E-state index in [4.69, 9.17) is 4.74 Å². The van der Waals surface area contributed by atoms with E-state index in [0.717, 1.165) is 32.1 Å². The minimum absolute atomic E-state index is 0.0395. The molecule has 6 atom stereocenters. The molecule has 3 fully saturated rings. The average molecular weight is 753 g/mol. The van der Waals surface area contributed by atoms with Crippen LogP contribution in [0.2, 0.25) is 0 Å². The molecule has 1 saturated heterocycles. The fourth-order valence-electron chi connectivity index (χ4n) is 7.86. The molecule has 1 aromatic rings. The van der Waals surface area contributed by atoms with Gasteiger partial charge >= 0.3 is 6.09 Å². The van der Waals surface area contributed by atoms with Crippen LogP contribution in [0.25, 0.3) is 0 Å². The van der Waals surface area contributed by atoms with Crippen molar-refractivity contribution in [3.8, 4) is 0 Å². The molecule has 4 N–H and O–H groups in total. The van der Waals surface area contributed by atoms with Crippen molar-refractivity contribution in [2.24, 2.45) is 22.7 Å².